The van der Waals surface area contributed by atoms with E-state index in [2.05, 4.69) is 4.90 Å². The van der Waals surface area contributed by atoms with E-state index in [0.717, 1.165) is 17.4 Å². The SMILES string of the molecule is CC(=O)C(C)SC(=S)N1CCCCC1. The Balaban J connectivity index is 2.36. The Kier molecular flexibility index (Phi) is 4.89. The van der Waals surface area contributed by atoms with Crippen molar-refractivity contribution >= 4 is 34.1 Å². The summed E-state index contributed by atoms with van der Waals surface area (Å²) in [6.45, 7) is 5.67. The Labute approximate surface area is 95.4 Å². The first kappa shape index (κ1) is 12.0. The predicted molar refractivity (Wildman–Crippen MR) is 65.8 cm³/mol. The molecule has 0 saturated carbocycles. The Bertz CT molecular complexity index is 224. The van der Waals surface area contributed by atoms with Gasteiger partial charge in [-0.1, -0.05) is 24.0 Å². The summed E-state index contributed by atoms with van der Waals surface area (Å²) in [5, 5.41) is 0.00410. The molecule has 0 N–H and O–H groups in total. The third kappa shape index (κ3) is 3.58. The van der Waals surface area contributed by atoms with E-state index in [-0.39, 0.29) is 11.0 Å². The smallest absolute Gasteiger partial charge is 0.142 e. The lowest BCUT2D eigenvalue weighted by Gasteiger charge is -2.29. The van der Waals surface area contributed by atoms with Gasteiger partial charge in [0.15, 0.2) is 0 Å². The van der Waals surface area contributed by atoms with E-state index < -0.39 is 0 Å². The molecule has 80 valence electrons. The second-order valence-electron chi connectivity index (χ2n) is 3.68. The number of nitrogens with zero attached hydrogens (tertiary/aromatic N) is 1. The fourth-order valence-electron chi connectivity index (χ4n) is 1.39. The van der Waals surface area contributed by atoms with E-state index in [1.54, 1.807) is 6.92 Å². The summed E-state index contributed by atoms with van der Waals surface area (Å²) in [6, 6.07) is 0. The highest BCUT2D eigenvalue weighted by Crippen LogP contribution is 2.20. The van der Waals surface area contributed by atoms with Crippen molar-refractivity contribution in [2.24, 2.45) is 0 Å². The first-order valence-corrected chi connectivity index (χ1v) is 6.36. The molecule has 1 heterocycles. The van der Waals surface area contributed by atoms with Crippen LogP contribution in [-0.2, 0) is 4.79 Å². The van der Waals surface area contributed by atoms with E-state index in [4.69, 9.17) is 12.2 Å². The number of Topliss-reactive ketones (excluding diaryl/α,β-unsaturated/α-hetero) is 1. The van der Waals surface area contributed by atoms with Crippen molar-refractivity contribution in [3.8, 4) is 0 Å². The summed E-state index contributed by atoms with van der Waals surface area (Å²) in [5.74, 6) is 0.203. The number of carbonyl (C=O) groups is 1. The molecule has 1 aliphatic rings. The molecule has 1 aliphatic heterocycles. The second kappa shape index (κ2) is 5.71. The molecule has 0 radical (unpaired) electrons. The van der Waals surface area contributed by atoms with E-state index in [9.17, 15) is 4.79 Å². The van der Waals surface area contributed by atoms with Gasteiger partial charge >= 0.3 is 0 Å². The Morgan fingerprint density at radius 2 is 1.93 bits per heavy atom. The van der Waals surface area contributed by atoms with Crippen LogP contribution in [0.2, 0.25) is 0 Å². The normalized spacial score (nSPS) is 19.1. The van der Waals surface area contributed by atoms with Gasteiger partial charge in [0.2, 0.25) is 0 Å². The van der Waals surface area contributed by atoms with Crippen LogP contribution < -0.4 is 0 Å². The van der Waals surface area contributed by atoms with Gasteiger partial charge in [-0.3, -0.25) is 4.79 Å². The number of ketones is 1. The van der Waals surface area contributed by atoms with Crippen LogP contribution in [0.5, 0.6) is 0 Å². The number of thioether (sulfide) groups is 1. The molecule has 1 unspecified atom stereocenters. The fraction of sp³-hybridized carbons (Fsp3) is 0.800. The van der Waals surface area contributed by atoms with Crippen LogP contribution in [0.4, 0.5) is 0 Å². The average molecular weight is 231 g/mol. The van der Waals surface area contributed by atoms with Gasteiger partial charge in [-0.15, -0.1) is 0 Å². The van der Waals surface area contributed by atoms with E-state index in [1.165, 1.54) is 31.0 Å². The Hall–Kier alpha value is -0.0900. The summed E-state index contributed by atoms with van der Waals surface area (Å²) in [7, 11) is 0. The maximum Gasteiger partial charge on any atom is 0.142 e. The lowest BCUT2D eigenvalue weighted by atomic mass is 10.1. The highest BCUT2D eigenvalue weighted by molar-refractivity contribution is 8.23. The molecule has 14 heavy (non-hydrogen) atoms. The number of piperidine rings is 1. The molecule has 1 saturated heterocycles. The van der Waals surface area contributed by atoms with Crippen molar-refractivity contribution in [1.82, 2.24) is 4.90 Å². The maximum absolute atomic E-state index is 11.1. The van der Waals surface area contributed by atoms with Crippen molar-refractivity contribution in [2.45, 2.75) is 38.4 Å². The zero-order chi connectivity index (χ0) is 10.6. The van der Waals surface area contributed by atoms with Crippen LogP contribution >= 0.6 is 24.0 Å². The minimum Gasteiger partial charge on any atom is -0.358 e. The first-order valence-electron chi connectivity index (χ1n) is 5.07. The molecule has 1 atom stereocenters. The fourth-order valence-corrected chi connectivity index (χ4v) is 2.80. The topological polar surface area (TPSA) is 20.3 Å². The summed E-state index contributed by atoms with van der Waals surface area (Å²) in [4.78, 5) is 13.3. The summed E-state index contributed by atoms with van der Waals surface area (Å²) in [6.07, 6.45) is 3.77. The number of carbonyl (C=O) groups excluding carboxylic acids is 1. The molecular formula is C10H17NOS2. The zero-order valence-electron chi connectivity index (χ0n) is 8.78. The van der Waals surface area contributed by atoms with Gasteiger partial charge in [-0.25, -0.2) is 0 Å². The molecule has 4 heteroatoms. The molecule has 0 spiro atoms. The largest absolute Gasteiger partial charge is 0.358 e. The highest BCUT2D eigenvalue weighted by atomic mass is 32.2. The zero-order valence-corrected chi connectivity index (χ0v) is 10.4. The minimum atomic E-state index is 0.00410. The maximum atomic E-state index is 11.1. The quantitative estimate of drug-likeness (QED) is 0.680. The third-order valence-electron chi connectivity index (χ3n) is 2.46. The van der Waals surface area contributed by atoms with Gasteiger partial charge in [-0.2, -0.15) is 0 Å². The van der Waals surface area contributed by atoms with Crippen LogP contribution in [0.15, 0.2) is 0 Å². The molecule has 0 amide bonds. The van der Waals surface area contributed by atoms with Crippen molar-refractivity contribution in [1.29, 1.82) is 0 Å². The van der Waals surface area contributed by atoms with Gasteiger partial charge in [0.1, 0.15) is 10.1 Å². The van der Waals surface area contributed by atoms with Crippen molar-refractivity contribution < 1.29 is 4.79 Å². The van der Waals surface area contributed by atoms with E-state index in [1.807, 2.05) is 6.92 Å². The molecule has 0 aliphatic carbocycles. The molecule has 1 fully saturated rings. The van der Waals surface area contributed by atoms with Crippen molar-refractivity contribution in [2.75, 3.05) is 13.1 Å². The summed E-state index contributed by atoms with van der Waals surface area (Å²) < 4.78 is 0.896. The van der Waals surface area contributed by atoms with Crippen LogP contribution in [0.3, 0.4) is 0 Å². The van der Waals surface area contributed by atoms with Crippen LogP contribution in [0.1, 0.15) is 33.1 Å². The predicted octanol–water partition coefficient (Wildman–Crippen LogP) is 2.47. The van der Waals surface area contributed by atoms with Crippen molar-refractivity contribution in [3.05, 3.63) is 0 Å². The number of hydrogen-bond acceptors (Lipinski definition) is 3. The number of likely N-dealkylation sites (tertiary alicyclic amines) is 1. The monoisotopic (exact) mass is 231 g/mol. The lowest BCUT2D eigenvalue weighted by molar-refractivity contribution is -0.116. The van der Waals surface area contributed by atoms with Gasteiger partial charge in [0.05, 0.1) is 5.25 Å². The van der Waals surface area contributed by atoms with Crippen LogP contribution in [0.25, 0.3) is 0 Å². The van der Waals surface area contributed by atoms with Crippen LogP contribution in [-0.4, -0.2) is 33.3 Å². The van der Waals surface area contributed by atoms with E-state index >= 15 is 0 Å². The van der Waals surface area contributed by atoms with Gasteiger partial charge in [0.25, 0.3) is 0 Å². The number of thiocarbonyl (C=S) groups is 1. The lowest BCUT2D eigenvalue weighted by Crippen LogP contribution is -2.34. The van der Waals surface area contributed by atoms with Gasteiger partial charge in [0, 0.05) is 13.1 Å². The molecule has 0 bridgehead atoms. The molecule has 1 rings (SSSR count). The third-order valence-corrected chi connectivity index (χ3v) is 4.16. The highest BCUT2D eigenvalue weighted by Gasteiger charge is 2.17. The van der Waals surface area contributed by atoms with E-state index in [0.29, 0.717) is 0 Å². The summed E-state index contributed by atoms with van der Waals surface area (Å²) in [5.41, 5.74) is 0. The number of hydrogen-bond donors (Lipinski definition) is 0. The molecule has 0 aromatic heterocycles. The molecule has 0 aromatic carbocycles. The Morgan fingerprint density at radius 3 is 2.43 bits per heavy atom. The van der Waals surface area contributed by atoms with Gasteiger partial charge < -0.3 is 4.90 Å². The standard InChI is InChI=1S/C10H17NOS2/c1-8(12)9(2)14-10(13)11-6-4-3-5-7-11/h9H,3-7H2,1-2H3. The van der Waals surface area contributed by atoms with Crippen molar-refractivity contribution in [3.63, 3.8) is 0 Å². The average Bonchev–Trinajstić information content (AvgIpc) is 2.19. The van der Waals surface area contributed by atoms with Gasteiger partial charge in [-0.05, 0) is 33.1 Å². The summed E-state index contributed by atoms with van der Waals surface area (Å²) >= 11 is 6.83. The number of rotatable bonds is 2. The Morgan fingerprint density at radius 1 is 1.36 bits per heavy atom. The molecule has 2 nitrogen and oxygen atoms in total. The molecular weight excluding hydrogens is 214 g/mol. The first-order chi connectivity index (χ1) is 6.61. The minimum absolute atomic E-state index is 0.00410. The molecule has 0 aromatic rings. The second-order valence-corrected chi connectivity index (χ2v) is 5.66. The van der Waals surface area contributed by atoms with Crippen LogP contribution in [0, 0.1) is 0 Å².